The molecule has 1 rings (SSSR count). The summed E-state index contributed by atoms with van der Waals surface area (Å²) in [5.74, 6) is -0.0490. The first-order valence-electron chi connectivity index (χ1n) is 6.54. The van der Waals surface area contributed by atoms with Crippen LogP contribution in [0.1, 0.15) is 30.6 Å². The summed E-state index contributed by atoms with van der Waals surface area (Å²) in [7, 11) is 0. The first-order chi connectivity index (χ1) is 8.67. The molecule has 0 heterocycles. The Labute approximate surface area is 126 Å². The Kier molecular flexibility index (Phi) is 9.66. The zero-order chi connectivity index (χ0) is 13.4. The molecule has 3 nitrogen and oxygen atoms in total. The third-order valence-electron chi connectivity index (χ3n) is 3.08. The molecule has 0 fully saturated rings. The molecule has 0 atom stereocenters. The molecule has 19 heavy (non-hydrogen) atoms. The molecule has 0 aliphatic rings. The van der Waals surface area contributed by atoms with Gasteiger partial charge in [-0.1, -0.05) is 17.7 Å². The molecule has 0 spiro atoms. The molecule has 0 unspecified atom stereocenters. The van der Waals surface area contributed by atoms with Gasteiger partial charge in [0.05, 0.1) is 19.6 Å². The van der Waals surface area contributed by atoms with Crippen molar-refractivity contribution in [1.82, 2.24) is 5.32 Å². The largest absolute Gasteiger partial charge is 1.00 e. The van der Waals surface area contributed by atoms with Crippen LogP contribution in [0.15, 0.2) is 24.3 Å². The molecule has 0 aromatic heterocycles. The lowest BCUT2D eigenvalue weighted by molar-refractivity contribution is -0.896. The van der Waals surface area contributed by atoms with E-state index in [1.54, 1.807) is 29.2 Å². The van der Waals surface area contributed by atoms with Crippen molar-refractivity contribution in [1.29, 1.82) is 0 Å². The van der Waals surface area contributed by atoms with Gasteiger partial charge < -0.3 is 22.6 Å². The van der Waals surface area contributed by atoms with Crippen LogP contribution in [0.3, 0.4) is 0 Å². The van der Waals surface area contributed by atoms with Gasteiger partial charge in [0.25, 0.3) is 5.91 Å². The van der Waals surface area contributed by atoms with E-state index in [0.717, 1.165) is 32.6 Å². The Morgan fingerprint density at radius 2 is 2.00 bits per heavy atom. The van der Waals surface area contributed by atoms with Crippen molar-refractivity contribution in [2.24, 2.45) is 0 Å². The molecule has 108 valence electrons. The molecule has 0 bridgehead atoms. The Bertz CT molecular complexity index is 381. The number of carbonyl (C=O) groups excluding carboxylic acids is 1. The fraction of sp³-hybridized carbons (Fsp3) is 0.500. The number of amides is 1. The zero-order valence-electron chi connectivity index (χ0n) is 11.5. The summed E-state index contributed by atoms with van der Waals surface area (Å²) in [5.41, 5.74) is 0.623. The molecule has 1 aromatic carbocycles. The van der Waals surface area contributed by atoms with Gasteiger partial charge in [0.2, 0.25) is 0 Å². The van der Waals surface area contributed by atoms with Crippen LogP contribution in [-0.4, -0.2) is 32.1 Å². The Hall–Kier alpha value is -0.770. The van der Waals surface area contributed by atoms with Crippen molar-refractivity contribution < 1.29 is 22.1 Å². The summed E-state index contributed by atoms with van der Waals surface area (Å²) in [6.45, 7) is 8.46. The van der Waals surface area contributed by atoms with E-state index in [0.29, 0.717) is 10.6 Å². The molecular formula is C14H22Cl2N2O. The summed E-state index contributed by atoms with van der Waals surface area (Å²) in [6.07, 6.45) is 1.00. The quantitative estimate of drug-likeness (QED) is 0.584. The van der Waals surface area contributed by atoms with E-state index in [1.807, 2.05) is 0 Å². The highest BCUT2D eigenvalue weighted by Gasteiger charge is 2.06. The molecule has 5 heteroatoms. The number of carbonyl (C=O) groups is 1. The number of hydrogen-bond acceptors (Lipinski definition) is 1. The zero-order valence-corrected chi connectivity index (χ0v) is 13.0. The number of rotatable bonds is 7. The minimum atomic E-state index is -0.0490. The smallest absolute Gasteiger partial charge is 0.251 e. The number of nitrogens with one attached hydrogen (secondary N) is 2. The normalized spacial score (nSPS) is 10.1. The average Bonchev–Trinajstić information content (AvgIpc) is 2.38. The summed E-state index contributed by atoms with van der Waals surface area (Å²) >= 11 is 5.85. The molecule has 0 aliphatic heterocycles. The third kappa shape index (κ3) is 6.81. The fourth-order valence-electron chi connectivity index (χ4n) is 1.88. The first-order valence-corrected chi connectivity index (χ1v) is 6.92. The van der Waals surface area contributed by atoms with Crippen LogP contribution in [0.25, 0.3) is 0 Å². The van der Waals surface area contributed by atoms with Gasteiger partial charge in [0.1, 0.15) is 0 Å². The van der Waals surface area contributed by atoms with Crippen LogP contribution in [0.4, 0.5) is 0 Å². The predicted molar refractivity (Wildman–Crippen MR) is 75.3 cm³/mol. The van der Waals surface area contributed by atoms with Crippen molar-refractivity contribution in [2.45, 2.75) is 20.3 Å². The Morgan fingerprint density at radius 3 is 2.58 bits per heavy atom. The van der Waals surface area contributed by atoms with Gasteiger partial charge in [-0.15, -0.1) is 0 Å². The summed E-state index contributed by atoms with van der Waals surface area (Å²) < 4.78 is 0. The number of benzene rings is 1. The van der Waals surface area contributed by atoms with Crippen molar-refractivity contribution >= 4 is 17.5 Å². The monoisotopic (exact) mass is 304 g/mol. The highest BCUT2D eigenvalue weighted by atomic mass is 35.5. The second kappa shape index (κ2) is 10.1. The lowest BCUT2D eigenvalue weighted by Crippen LogP contribution is -3.11. The maximum absolute atomic E-state index is 11.8. The molecule has 0 saturated heterocycles. The first kappa shape index (κ1) is 18.2. The minimum absolute atomic E-state index is 0. The highest BCUT2D eigenvalue weighted by Crippen LogP contribution is 2.10. The molecular weight excluding hydrogens is 283 g/mol. The van der Waals surface area contributed by atoms with Crippen LogP contribution in [-0.2, 0) is 0 Å². The second-order valence-electron chi connectivity index (χ2n) is 4.33. The maximum atomic E-state index is 11.8. The van der Waals surface area contributed by atoms with Crippen molar-refractivity contribution in [3.8, 4) is 0 Å². The van der Waals surface area contributed by atoms with Crippen LogP contribution in [0.2, 0.25) is 5.02 Å². The van der Waals surface area contributed by atoms with E-state index in [1.165, 1.54) is 0 Å². The molecule has 0 saturated carbocycles. The summed E-state index contributed by atoms with van der Waals surface area (Å²) in [4.78, 5) is 13.4. The van der Waals surface area contributed by atoms with E-state index < -0.39 is 0 Å². The topological polar surface area (TPSA) is 33.5 Å². The Morgan fingerprint density at radius 1 is 1.32 bits per heavy atom. The van der Waals surface area contributed by atoms with Crippen LogP contribution < -0.4 is 22.6 Å². The lowest BCUT2D eigenvalue weighted by atomic mass is 10.2. The van der Waals surface area contributed by atoms with Gasteiger partial charge in [0, 0.05) is 23.6 Å². The summed E-state index contributed by atoms with van der Waals surface area (Å²) in [5, 5.41) is 3.51. The average molecular weight is 305 g/mol. The van der Waals surface area contributed by atoms with E-state index in [9.17, 15) is 4.79 Å². The standard InChI is InChI=1S/C14H21ClN2O.ClH/c1-3-17(4-2)10-6-9-16-14(18)12-7-5-8-13(15)11-12;/h5,7-8,11H,3-4,6,9-10H2,1-2H3,(H,16,18);1H. The lowest BCUT2D eigenvalue weighted by Gasteiger charge is -2.15. The molecule has 1 amide bonds. The van der Waals surface area contributed by atoms with E-state index in [2.05, 4.69) is 19.2 Å². The van der Waals surface area contributed by atoms with Crippen molar-refractivity contribution in [2.75, 3.05) is 26.2 Å². The van der Waals surface area contributed by atoms with Gasteiger partial charge >= 0.3 is 0 Å². The minimum Gasteiger partial charge on any atom is -1.00 e. The second-order valence-corrected chi connectivity index (χ2v) is 4.76. The van der Waals surface area contributed by atoms with Gasteiger partial charge in [-0.05, 0) is 32.0 Å². The van der Waals surface area contributed by atoms with Crippen LogP contribution in [0, 0.1) is 0 Å². The van der Waals surface area contributed by atoms with E-state index >= 15 is 0 Å². The van der Waals surface area contributed by atoms with Crippen LogP contribution >= 0.6 is 11.6 Å². The highest BCUT2D eigenvalue weighted by molar-refractivity contribution is 6.30. The van der Waals surface area contributed by atoms with Crippen LogP contribution in [0.5, 0.6) is 0 Å². The molecule has 1 aromatic rings. The third-order valence-corrected chi connectivity index (χ3v) is 3.31. The number of quaternary nitrogens is 1. The van der Waals surface area contributed by atoms with Gasteiger partial charge in [-0.25, -0.2) is 0 Å². The Balaban J connectivity index is 0.00000324. The summed E-state index contributed by atoms with van der Waals surface area (Å²) in [6, 6.07) is 7.02. The molecule has 2 N–H and O–H groups in total. The van der Waals surface area contributed by atoms with Crippen molar-refractivity contribution in [3.05, 3.63) is 34.9 Å². The van der Waals surface area contributed by atoms with Gasteiger partial charge in [-0.2, -0.15) is 0 Å². The number of halogens is 2. The van der Waals surface area contributed by atoms with Crippen molar-refractivity contribution in [3.63, 3.8) is 0 Å². The number of hydrogen-bond donors (Lipinski definition) is 2. The van der Waals surface area contributed by atoms with Gasteiger partial charge in [0.15, 0.2) is 0 Å². The van der Waals surface area contributed by atoms with E-state index in [-0.39, 0.29) is 18.3 Å². The fourth-order valence-corrected chi connectivity index (χ4v) is 2.07. The van der Waals surface area contributed by atoms with Gasteiger partial charge in [-0.3, -0.25) is 4.79 Å². The predicted octanol–water partition coefficient (Wildman–Crippen LogP) is -1.61. The maximum Gasteiger partial charge on any atom is 0.251 e. The SMILES string of the molecule is CC[NH+](CC)CCCNC(=O)c1cccc(Cl)c1.[Cl-]. The molecule has 0 radical (unpaired) electrons. The molecule has 0 aliphatic carbocycles. The van der Waals surface area contributed by atoms with E-state index in [4.69, 9.17) is 11.6 Å².